The number of aromatic hydroxyl groups is 1. The van der Waals surface area contributed by atoms with E-state index in [0.29, 0.717) is 16.7 Å². The predicted octanol–water partition coefficient (Wildman–Crippen LogP) is 4.38. The van der Waals surface area contributed by atoms with Gasteiger partial charge in [0.15, 0.2) is 5.75 Å². The highest BCUT2D eigenvalue weighted by Gasteiger charge is 2.14. The number of rotatable bonds is 2. The molecule has 0 aliphatic rings. The van der Waals surface area contributed by atoms with Crippen LogP contribution in [0.15, 0.2) is 36.4 Å². The molecule has 3 rings (SSSR count). The van der Waals surface area contributed by atoms with Crippen molar-refractivity contribution < 1.29 is 9.84 Å². The van der Waals surface area contributed by atoms with Gasteiger partial charge in [-0.2, -0.15) is 5.10 Å². The van der Waals surface area contributed by atoms with Crippen LogP contribution < -0.4 is 4.74 Å². The number of hydrogen-bond acceptors (Lipinski definition) is 3. The number of ether oxygens (including phenoxy) is 1. The molecule has 0 bridgehead atoms. The van der Waals surface area contributed by atoms with E-state index >= 15 is 0 Å². The topological polar surface area (TPSA) is 47.3 Å². The zero-order chi connectivity index (χ0) is 14.3. The number of phenols is 1. The fourth-order valence-electron chi connectivity index (χ4n) is 1.94. The molecule has 0 spiro atoms. The molecular formula is C14H10Cl2N2O2. The number of aromatic nitrogens is 2. The maximum absolute atomic E-state index is 9.64. The van der Waals surface area contributed by atoms with Crippen LogP contribution in [0.1, 0.15) is 0 Å². The van der Waals surface area contributed by atoms with Crippen LogP contribution in [0.4, 0.5) is 0 Å². The highest BCUT2D eigenvalue weighted by Crippen LogP contribution is 2.38. The molecule has 1 aromatic heterocycles. The number of hydrogen-bond donors (Lipinski definition) is 1. The minimum absolute atomic E-state index is 0.0856. The van der Waals surface area contributed by atoms with Crippen molar-refractivity contribution in [1.82, 2.24) is 9.78 Å². The van der Waals surface area contributed by atoms with Crippen molar-refractivity contribution >= 4 is 34.1 Å². The third-order valence-electron chi connectivity index (χ3n) is 2.89. The first-order valence-electron chi connectivity index (χ1n) is 5.84. The van der Waals surface area contributed by atoms with Gasteiger partial charge in [0.05, 0.1) is 20.9 Å². The third-order valence-corrected chi connectivity index (χ3v) is 3.49. The van der Waals surface area contributed by atoms with Gasteiger partial charge in [0.1, 0.15) is 5.75 Å². The molecule has 20 heavy (non-hydrogen) atoms. The maximum atomic E-state index is 9.64. The molecule has 0 saturated heterocycles. The van der Waals surface area contributed by atoms with Crippen molar-refractivity contribution in [3.8, 4) is 17.4 Å². The fraction of sp³-hybridized carbons (Fsp3) is 0.0714. The lowest BCUT2D eigenvalue weighted by Crippen LogP contribution is -1.95. The minimum Gasteiger partial charge on any atom is -0.506 e. The molecule has 6 heteroatoms. The molecule has 0 aliphatic carbocycles. The molecule has 0 amide bonds. The zero-order valence-electron chi connectivity index (χ0n) is 10.5. The van der Waals surface area contributed by atoms with Crippen LogP contribution in [0.3, 0.4) is 0 Å². The molecule has 3 aromatic rings. The van der Waals surface area contributed by atoms with Crippen molar-refractivity contribution in [2.45, 2.75) is 0 Å². The van der Waals surface area contributed by atoms with Gasteiger partial charge >= 0.3 is 0 Å². The predicted molar refractivity (Wildman–Crippen MR) is 78.9 cm³/mol. The van der Waals surface area contributed by atoms with Gasteiger partial charge in [0.25, 0.3) is 0 Å². The van der Waals surface area contributed by atoms with Gasteiger partial charge in [0, 0.05) is 13.1 Å². The molecule has 1 N–H and O–H groups in total. The molecule has 2 aromatic carbocycles. The Hall–Kier alpha value is -1.91. The standard InChI is InChI=1S/C14H10Cl2N2O2/c1-18-14(8-4-2-3-5-11(8)17-18)20-13-7-12(19)9(15)6-10(13)16/h2-7,19H,1H3. The van der Waals surface area contributed by atoms with Crippen molar-refractivity contribution in [2.75, 3.05) is 0 Å². The maximum Gasteiger partial charge on any atom is 0.225 e. The highest BCUT2D eigenvalue weighted by atomic mass is 35.5. The van der Waals surface area contributed by atoms with E-state index in [1.54, 1.807) is 11.7 Å². The average molecular weight is 309 g/mol. The van der Waals surface area contributed by atoms with Crippen molar-refractivity contribution in [3.05, 3.63) is 46.4 Å². The van der Waals surface area contributed by atoms with Crippen LogP contribution in [-0.4, -0.2) is 14.9 Å². The van der Waals surface area contributed by atoms with Crippen LogP contribution in [-0.2, 0) is 7.05 Å². The van der Waals surface area contributed by atoms with Gasteiger partial charge in [-0.25, -0.2) is 4.68 Å². The van der Waals surface area contributed by atoms with Gasteiger partial charge < -0.3 is 9.84 Å². The van der Waals surface area contributed by atoms with Crippen LogP contribution in [0.2, 0.25) is 10.0 Å². The second-order valence-electron chi connectivity index (χ2n) is 4.28. The molecule has 0 fully saturated rings. The summed E-state index contributed by atoms with van der Waals surface area (Å²) < 4.78 is 7.40. The van der Waals surface area contributed by atoms with Gasteiger partial charge in [-0.1, -0.05) is 35.3 Å². The minimum atomic E-state index is -0.0856. The number of benzene rings is 2. The van der Waals surface area contributed by atoms with Crippen LogP contribution in [0.25, 0.3) is 10.9 Å². The molecule has 0 atom stereocenters. The summed E-state index contributed by atoms with van der Waals surface area (Å²) >= 11 is 11.9. The summed E-state index contributed by atoms with van der Waals surface area (Å²) in [6.45, 7) is 0. The van der Waals surface area contributed by atoms with Gasteiger partial charge in [-0.15, -0.1) is 0 Å². The first-order valence-corrected chi connectivity index (χ1v) is 6.59. The Balaban J connectivity index is 2.10. The van der Waals surface area contributed by atoms with Crippen molar-refractivity contribution in [3.63, 3.8) is 0 Å². The Morgan fingerprint density at radius 1 is 1.15 bits per heavy atom. The van der Waals surface area contributed by atoms with Gasteiger partial charge in [-0.05, 0) is 18.2 Å². The summed E-state index contributed by atoms with van der Waals surface area (Å²) in [6, 6.07) is 10.4. The molecule has 102 valence electrons. The lowest BCUT2D eigenvalue weighted by Gasteiger charge is -2.09. The van der Waals surface area contributed by atoms with Gasteiger partial charge in [-0.3, -0.25) is 0 Å². The summed E-state index contributed by atoms with van der Waals surface area (Å²) in [4.78, 5) is 0. The van der Waals surface area contributed by atoms with E-state index in [0.717, 1.165) is 10.9 Å². The van der Waals surface area contributed by atoms with E-state index < -0.39 is 0 Å². The Morgan fingerprint density at radius 3 is 2.70 bits per heavy atom. The number of nitrogens with zero attached hydrogens (tertiary/aromatic N) is 2. The molecule has 0 unspecified atom stereocenters. The monoisotopic (exact) mass is 308 g/mol. The quantitative estimate of drug-likeness (QED) is 0.764. The summed E-state index contributed by atoms with van der Waals surface area (Å²) in [7, 11) is 1.78. The average Bonchev–Trinajstić information content (AvgIpc) is 2.72. The smallest absolute Gasteiger partial charge is 0.225 e. The van der Waals surface area contributed by atoms with E-state index in [2.05, 4.69) is 5.10 Å². The highest BCUT2D eigenvalue weighted by molar-refractivity contribution is 6.36. The second kappa shape index (κ2) is 4.89. The second-order valence-corrected chi connectivity index (χ2v) is 5.10. The number of aryl methyl sites for hydroxylation is 1. The fourth-order valence-corrected chi connectivity index (χ4v) is 2.37. The SMILES string of the molecule is Cn1nc2ccccc2c1Oc1cc(O)c(Cl)cc1Cl. The number of fused-ring (bicyclic) bond motifs is 1. The third kappa shape index (κ3) is 2.17. The van der Waals surface area contributed by atoms with E-state index in [-0.39, 0.29) is 10.8 Å². The van der Waals surface area contributed by atoms with Crippen LogP contribution >= 0.6 is 23.2 Å². The molecule has 4 nitrogen and oxygen atoms in total. The first-order chi connectivity index (χ1) is 9.56. The van der Waals surface area contributed by atoms with Crippen molar-refractivity contribution in [2.24, 2.45) is 7.05 Å². The Morgan fingerprint density at radius 2 is 1.90 bits per heavy atom. The Labute approximate surface area is 125 Å². The molecule has 0 aliphatic heterocycles. The van der Waals surface area contributed by atoms with Crippen LogP contribution in [0, 0.1) is 0 Å². The largest absolute Gasteiger partial charge is 0.506 e. The number of phenolic OH excluding ortho intramolecular Hbond substituents is 1. The summed E-state index contributed by atoms with van der Waals surface area (Å²) in [5.74, 6) is 0.782. The summed E-state index contributed by atoms with van der Waals surface area (Å²) in [6.07, 6.45) is 0. The normalized spacial score (nSPS) is 10.9. The van der Waals surface area contributed by atoms with E-state index in [1.807, 2.05) is 24.3 Å². The Bertz CT molecular complexity index is 799. The lowest BCUT2D eigenvalue weighted by atomic mass is 10.2. The zero-order valence-corrected chi connectivity index (χ0v) is 12.0. The van der Waals surface area contributed by atoms with E-state index in [9.17, 15) is 5.11 Å². The molecule has 1 heterocycles. The van der Waals surface area contributed by atoms with Crippen molar-refractivity contribution in [1.29, 1.82) is 0 Å². The van der Waals surface area contributed by atoms with Gasteiger partial charge in [0.2, 0.25) is 5.88 Å². The van der Waals surface area contributed by atoms with E-state index in [1.165, 1.54) is 12.1 Å². The Kier molecular flexibility index (Phi) is 3.20. The molecule has 0 radical (unpaired) electrons. The first kappa shape index (κ1) is 13.1. The molecular weight excluding hydrogens is 299 g/mol. The van der Waals surface area contributed by atoms with E-state index in [4.69, 9.17) is 27.9 Å². The summed E-state index contributed by atoms with van der Waals surface area (Å²) in [5.41, 5.74) is 0.819. The lowest BCUT2D eigenvalue weighted by molar-refractivity contribution is 0.427. The number of halogens is 2. The summed E-state index contributed by atoms with van der Waals surface area (Å²) in [5, 5.41) is 15.3. The van der Waals surface area contributed by atoms with Crippen LogP contribution in [0.5, 0.6) is 17.4 Å². The molecule has 0 saturated carbocycles.